The van der Waals surface area contributed by atoms with E-state index in [0.29, 0.717) is 17.4 Å². The molecule has 0 saturated carbocycles. The number of aryl methyl sites for hydroxylation is 3. The third-order valence-electron chi connectivity index (χ3n) is 8.09. The number of anilines is 1. The average Bonchev–Trinajstić information content (AvgIpc) is 3.53. The first kappa shape index (κ1) is 39.5. The SMILES string of the molecule is C=O.CC(=O)O.CNC[C@@H](C)Nc1c(/C(=C/c2cn(C)c3ccccc23)CCCOc2ccc(F)cc2)ccc(Cl)c1-c1c(C)nn(C)c1C. The van der Waals surface area contributed by atoms with Crippen LogP contribution in [0.2, 0.25) is 5.02 Å². The summed E-state index contributed by atoms with van der Waals surface area (Å²) in [6.07, 6.45) is 6.00. The van der Waals surface area contributed by atoms with Crippen LogP contribution in [0.5, 0.6) is 5.75 Å². The van der Waals surface area contributed by atoms with Crippen LogP contribution in [0, 0.1) is 19.7 Å². The number of hydrogen-bond acceptors (Lipinski definition) is 6. The van der Waals surface area contributed by atoms with Crippen LogP contribution in [0.4, 0.5) is 10.1 Å². The molecule has 0 radical (unpaired) electrons. The van der Waals surface area contributed by atoms with Gasteiger partial charge in [-0.1, -0.05) is 35.9 Å². The number of carbonyl (C=O) groups is 2. The van der Waals surface area contributed by atoms with Crippen LogP contribution in [-0.4, -0.2) is 58.5 Å². The van der Waals surface area contributed by atoms with Crippen molar-refractivity contribution in [2.24, 2.45) is 14.1 Å². The van der Waals surface area contributed by atoms with E-state index in [9.17, 15) is 4.39 Å². The van der Waals surface area contributed by atoms with E-state index in [0.717, 1.165) is 65.6 Å². The summed E-state index contributed by atoms with van der Waals surface area (Å²) in [5.41, 5.74) is 9.56. The summed E-state index contributed by atoms with van der Waals surface area (Å²) in [6, 6.07) is 18.9. The number of nitrogens with zero attached hydrogens (tertiary/aromatic N) is 3. The maximum Gasteiger partial charge on any atom is 0.300 e. The lowest BCUT2D eigenvalue weighted by molar-refractivity contribution is -0.134. The lowest BCUT2D eigenvalue weighted by atomic mass is 9.91. The normalized spacial score (nSPS) is 11.7. The second-order valence-corrected chi connectivity index (χ2v) is 12.3. The summed E-state index contributed by atoms with van der Waals surface area (Å²) < 4.78 is 23.5. The molecule has 5 rings (SSSR count). The number of para-hydroxylation sites is 1. The Morgan fingerprint density at radius 3 is 2.36 bits per heavy atom. The minimum atomic E-state index is -0.833. The van der Waals surface area contributed by atoms with Gasteiger partial charge in [0.25, 0.3) is 5.97 Å². The molecule has 5 aromatic rings. The lowest BCUT2D eigenvalue weighted by Gasteiger charge is -2.24. The van der Waals surface area contributed by atoms with Crippen molar-refractivity contribution in [2.75, 3.05) is 25.5 Å². The number of carbonyl (C=O) groups excluding carboxylic acids is 1. The molecule has 0 amide bonds. The summed E-state index contributed by atoms with van der Waals surface area (Å²) in [5.74, 6) is -0.451. The quantitative estimate of drug-likeness (QED) is 0.112. The summed E-state index contributed by atoms with van der Waals surface area (Å²) in [6.45, 7) is 10.6. The monoisotopic (exact) mass is 703 g/mol. The molecule has 1 atom stereocenters. The van der Waals surface area contributed by atoms with E-state index in [1.54, 1.807) is 12.1 Å². The molecule has 0 fully saturated rings. The fraction of sp³-hybridized carbons (Fsp3) is 0.308. The van der Waals surface area contributed by atoms with Gasteiger partial charge in [-0.2, -0.15) is 5.10 Å². The topological polar surface area (TPSA) is 110 Å². The van der Waals surface area contributed by atoms with E-state index in [1.807, 2.05) is 38.6 Å². The molecule has 0 aliphatic heterocycles. The third-order valence-corrected chi connectivity index (χ3v) is 8.41. The van der Waals surface area contributed by atoms with Crippen molar-refractivity contribution in [3.05, 3.63) is 100 Å². The van der Waals surface area contributed by atoms with Gasteiger partial charge in [0.05, 0.1) is 23.0 Å². The van der Waals surface area contributed by atoms with Crippen molar-refractivity contribution in [1.29, 1.82) is 0 Å². The second kappa shape index (κ2) is 18.7. The van der Waals surface area contributed by atoms with Crippen LogP contribution in [0.3, 0.4) is 0 Å². The Balaban J connectivity index is 0.00000105. The lowest BCUT2D eigenvalue weighted by Crippen LogP contribution is -2.28. The first-order chi connectivity index (χ1) is 23.9. The van der Waals surface area contributed by atoms with E-state index in [-0.39, 0.29) is 11.9 Å². The van der Waals surface area contributed by atoms with Crippen LogP contribution >= 0.6 is 11.6 Å². The highest BCUT2D eigenvalue weighted by atomic mass is 35.5. The Morgan fingerprint density at radius 1 is 1.08 bits per heavy atom. The minimum Gasteiger partial charge on any atom is -0.494 e. The van der Waals surface area contributed by atoms with Gasteiger partial charge in [0.15, 0.2) is 0 Å². The standard InChI is InChI=1S/C36H41ClFN5O.C2H4O2.CH2O/c1-23(21-39-4)40-36-31(17-18-32(37)35(36)34-24(2)41-43(6)25(34)3)26(10-9-19-44-29-15-13-28(38)14-16-29)20-27-22-42(5)33-12-8-7-11-30(27)33;1-2(3)4;1-2/h7-8,11-18,20,22-23,39-40H,9-10,19,21H2,1-6H3;1H3,(H,3,4);1H2/b26-20+;;/t23-;;/m1../s1. The molecule has 0 bridgehead atoms. The van der Waals surface area contributed by atoms with Crippen LogP contribution < -0.4 is 15.4 Å². The molecular weight excluding hydrogens is 657 g/mol. The predicted molar refractivity (Wildman–Crippen MR) is 202 cm³/mol. The number of rotatable bonds is 12. The Kier molecular flexibility index (Phi) is 14.8. The van der Waals surface area contributed by atoms with E-state index in [2.05, 4.69) is 78.7 Å². The van der Waals surface area contributed by atoms with Crippen molar-refractivity contribution >= 4 is 52.6 Å². The van der Waals surface area contributed by atoms with E-state index >= 15 is 0 Å². The van der Waals surface area contributed by atoms with Crippen LogP contribution in [-0.2, 0) is 23.7 Å². The highest BCUT2D eigenvalue weighted by Gasteiger charge is 2.23. The van der Waals surface area contributed by atoms with Gasteiger partial charge in [-0.15, -0.1) is 0 Å². The molecule has 50 heavy (non-hydrogen) atoms. The number of ether oxygens (including phenoxy) is 1. The zero-order chi connectivity index (χ0) is 37.0. The van der Waals surface area contributed by atoms with Crippen molar-refractivity contribution in [3.8, 4) is 16.9 Å². The average molecular weight is 704 g/mol. The maximum atomic E-state index is 13.4. The number of carboxylic acid groups (broad SMARTS) is 1. The number of allylic oxidation sites excluding steroid dienone is 1. The molecule has 3 N–H and O–H groups in total. The van der Waals surface area contributed by atoms with Gasteiger partial charge in [-0.3, -0.25) is 9.48 Å². The molecule has 3 aromatic carbocycles. The first-order valence-corrected chi connectivity index (χ1v) is 16.6. The number of hydrogen-bond donors (Lipinski definition) is 3. The van der Waals surface area contributed by atoms with Crippen molar-refractivity contribution in [2.45, 2.75) is 46.6 Å². The number of benzene rings is 3. The molecular formula is C39H47ClFN5O4. The first-order valence-electron chi connectivity index (χ1n) is 16.3. The smallest absolute Gasteiger partial charge is 0.300 e. The second-order valence-electron chi connectivity index (χ2n) is 11.9. The summed E-state index contributed by atoms with van der Waals surface area (Å²) >= 11 is 7.04. The molecule has 11 heteroatoms. The van der Waals surface area contributed by atoms with Gasteiger partial charge in [-0.25, -0.2) is 4.39 Å². The van der Waals surface area contributed by atoms with Crippen molar-refractivity contribution in [1.82, 2.24) is 19.7 Å². The fourth-order valence-corrected chi connectivity index (χ4v) is 6.17. The number of aromatic nitrogens is 3. The Morgan fingerprint density at radius 2 is 1.74 bits per heavy atom. The van der Waals surface area contributed by atoms with Crippen molar-refractivity contribution < 1.29 is 23.8 Å². The zero-order valence-electron chi connectivity index (χ0n) is 29.8. The molecule has 2 aromatic heterocycles. The molecule has 0 spiro atoms. The predicted octanol–water partition coefficient (Wildman–Crippen LogP) is 8.31. The number of halogens is 2. The third kappa shape index (κ3) is 10.1. The minimum absolute atomic E-state index is 0.133. The molecule has 0 saturated heterocycles. The van der Waals surface area contributed by atoms with Gasteiger partial charge in [0.2, 0.25) is 0 Å². The summed E-state index contributed by atoms with van der Waals surface area (Å²) in [5, 5.41) is 21.1. The number of fused-ring (bicyclic) bond motifs is 1. The molecule has 0 aliphatic rings. The zero-order valence-corrected chi connectivity index (χ0v) is 30.6. The highest BCUT2D eigenvalue weighted by molar-refractivity contribution is 6.34. The van der Waals surface area contributed by atoms with Gasteiger partial charge in [-0.05, 0) is 88.7 Å². The van der Waals surface area contributed by atoms with Gasteiger partial charge >= 0.3 is 0 Å². The molecule has 0 aliphatic carbocycles. The Bertz CT molecular complexity index is 1910. The Labute approximate surface area is 298 Å². The van der Waals surface area contributed by atoms with Gasteiger partial charge < -0.3 is 29.8 Å². The van der Waals surface area contributed by atoms with Crippen molar-refractivity contribution in [3.63, 3.8) is 0 Å². The number of carboxylic acids is 1. The summed E-state index contributed by atoms with van der Waals surface area (Å²) in [7, 11) is 6.00. The molecule has 9 nitrogen and oxygen atoms in total. The van der Waals surface area contributed by atoms with E-state index < -0.39 is 5.97 Å². The fourth-order valence-electron chi connectivity index (χ4n) is 5.92. The molecule has 266 valence electrons. The molecule has 2 heterocycles. The highest BCUT2D eigenvalue weighted by Crippen LogP contribution is 2.44. The molecule has 0 unspecified atom stereocenters. The largest absolute Gasteiger partial charge is 0.494 e. The van der Waals surface area contributed by atoms with E-state index in [4.69, 9.17) is 36.1 Å². The summed E-state index contributed by atoms with van der Waals surface area (Å²) in [4.78, 5) is 17.0. The van der Waals surface area contributed by atoms with Crippen LogP contribution in [0.1, 0.15) is 49.2 Å². The number of likely N-dealkylation sites (N-methyl/N-ethyl adjacent to an activating group) is 1. The van der Waals surface area contributed by atoms with E-state index in [1.165, 1.54) is 28.6 Å². The van der Waals surface area contributed by atoms with Gasteiger partial charge in [0.1, 0.15) is 18.4 Å². The number of nitrogens with one attached hydrogen (secondary N) is 2. The van der Waals surface area contributed by atoms with Crippen LogP contribution in [0.25, 0.3) is 33.7 Å². The maximum absolute atomic E-state index is 13.4. The number of aliphatic carboxylic acids is 1. The van der Waals surface area contributed by atoms with Crippen LogP contribution in [0.15, 0.2) is 66.9 Å². The van der Waals surface area contributed by atoms with Gasteiger partial charge in [0, 0.05) is 78.7 Å². The Hall–Kier alpha value is -4.93.